The third-order valence-corrected chi connectivity index (χ3v) is 8.03. The summed E-state index contributed by atoms with van der Waals surface area (Å²) in [6.07, 6.45) is 0.979. The second-order valence-corrected chi connectivity index (χ2v) is 11.8. The van der Waals surface area contributed by atoms with Crippen molar-refractivity contribution in [1.29, 1.82) is 0 Å². The van der Waals surface area contributed by atoms with E-state index in [4.69, 9.17) is 15.2 Å². The normalized spacial score (nSPS) is 11.6. The standard InChI is InChI=1S/C34H38N10O8/c1-21-30-28(52-34(47)38-27(11-5-6-16-35)33(46)50-17-7-8-18-51-44(48)49)19-29(45)43(32(30)37-22(2)36-21)20-23-12-14-24(15-13-23)25-9-3-4-10-26(25)31-39-41-42-40-31/h3-4,9-10,12-15,19,27H,5-8,11,16-18,20,35H2,1-2H3,(H,38,47)(H,39,40,41,42). The molecule has 3 heterocycles. The largest absolute Gasteiger partial charge is 0.464 e. The van der Waals surface area contributed by atoms with Crippen molar-refractivity contribution >= 4 is 23.1 Å². The number of rotatable bonds is 17. The Bertz CT molecular complexity index is 2070. The monoisotopic (exact) mass is 714 g/mol. The zero-order chi connectivity index (χ0) is 37.0. The van der Waals surface area contributed by atoms with E-state index in [1.54, 1.807) is 13.8 Å². The highest BCUT2D eigenvalue weighted by Crippen LogP contribution is 2.30. The van der Waals surface area contributed by atoms with Gasteiger partial charge >= 0.3 is 12.1 Å². The van der Waals surface area contributed by atoms with Crippen molar-refractivity contribution in [3.05, 3.63) is 92.1 Å². The van der Waals surface area contributed by atoms with Crippen molar-refractivity contribution in [3.63, 3.8) is 0 Å². The fourth-order valence-electron chi connectivity index (χ4n) is 5.59. The number of nitrogens with one attached hydrogen (secondary N) is 2. The number of nitrogens with zero attached hydrogens (tertiary/aromatic N) is 7. The Balaban J connectivity index is 1.34. The van der Waals surface area contributed by atoms with Crippen molar-refractivity contribution < 1.29 is 29.0 Å². The summed E-state index contributed by atoms with van der Waals surface area (Å²) in [6, 6.07) is 15.5. The lowest BCUT2D eigenvalue weighted by atomic mass is 9.98. The smallest absolute Gasteiger partial charge is 0.413 e. The number of H-pyrrole nitrogens is 1. The molecular weight excluding hydrogens is 676 g/mol. The number of unbranched alkanes of at least 4 members (excludes halogenated alkanes) is 2. The zero-order valence-corrected chi connectivity index (χ0v) is 28.6. The van der Waals surface area contributed by atoms with Gasteiger partial charge in [-0.1, -0.05) is 48.5 Å². The fraction of sp³-hybridized carbons (Fsp3) is 0.353. The first-order chi connectivity index (χ1) is 25.1. The van der Waals surface area contributed by atoms with Crippen molar-refractivity contribution in [2.24, 2.45) is 5.73 Å². The minimum atomic E-state index is -1.07. The number of pyridine rings is 1. The minimum absolute atomic E-state index is 0.0287. The number of amides is 1. The number of benzene rings is 2. The topological polar surface area (TPSA) is 245 Å². The van der Waals surface area contributed by atoms with Crippen LogP contribution in [-0.2, 0) is 20.9 Å². The maximum Gasteiger partial charge on any atom is 0.413 e. The van der Waals surface area contributed by atoms with E-state index in [-0.39, 0.29) is 37.6 Å². The van der Waals surface area contributed by atoms with Gasteiger partial charge in [0.15, 0.2) is 11.4 Å². The summed E-state index contributed by atoms with van der Waals surface area (Å²) < 4.78 is 12.4. The number of hydrogen-bond donors (Lipinski definition) is 3. The molecule has 0 saturated heterocycles. The second kappa shape index (κ2) is 17.6. The van der Waals surface area contributed by atoms with Gasteiger partial charge in [-0.2, -0.15) is 5.21 Å². The molecule has 5 aromatic rings. The SMILES string of the molecule is Cc1nc(C)c2c(OC(=O)NC(CCCCN)C(=O)OCCCCO[N+](=O)[O-])cc(=O)n(Cc3ccc(-c4ccccc4-c4nn[nH]n4)cc3)c2n1. The molecule has 0 aliphatic rings. The van der Waals surface area contributed by atoms with Crippen LogP contribution in [0, 0.1) is 24.0 Å². The molecule has 0 saturated carbocycles. The number of hydrogen-bond acceptors (Lipinski definition) is 14. The van der Waals surface area contributed by atoms with Crippen LogP contribution in [0.15, 0.2) is 59.4 Å². The first kappa shape index (κ1) is 37.0. The molecule has 3 aromatic heterocycles. The van der Waals surface area contributed by atoms with Crippen molar-refractivity contribution in [3.8, 4) is 28.3 Å². The number of tetrazole rings is 1. The van der Waals surface area contributed by atoms with Crippen LogP contribution >= 0.6 is 0 Å². The first-order valence-corrected chi connectivity index (χ1v) is 16.6. The lowest BCUT2D eigenvalue weighted by Crippen LogP contribution is -2.43. The molecule has 0 aliphatic carbocycles. The molecule has 18 heteroatoms. The summed E-state index contributed by atoms with van der Waals surface area (Å²) in [7, 11) is 0. The van der Waals surface area contributed by atoms with Crippen LogP contribution in [0.2, 0.25) is 0 Å². The zero-order valence-electron chi connectivity index (χ0n) is 28.6. The summed E-state index contributed by atoms with van der Waals surface area (Å²) in [5.41, 5.74) is 9.33. The third-order valence-electron chi connectivity index (χ3n) is 8.03. The Hall–Kier alpha value is -6.30. The molecule has 272 valence electrons. The minimum Gasteiger partial charge on any atom is -0.464 e. The Labute approximate surface area is 296 Å². The van der Waals surface area contributed by atoms with Crippen molar-refractivity contribution in [2.75, 3.05) is 19.8 Å². The van der Waals surface area contributed by atoms with Crippen LogP contribution < -0.4 is 21.3 Å². The summed E-state index contributed by atoms with van der Waals surface area (Å²) >= 11 is 0. The van der Waals surface area contributed by atoms with Crippen molar-refractivity contribution in [2.45, 2.75) is 58.5 Å². The van der Waals surface area contributed by atoms with Gasteiger partial charge in [0, 0.05) is 11.6 Å². The summed E-state index contributed by atoms with van der Waals surface area (Å²) in [4.78, 5) is 63.2. The van der Waals surface area contributed by atoms with Crippen LogP contribution in [0.4, 0.5) is 4.79 Å². The van der Waals surface area contributed by atoms with Gasteiger partial charge in [0.2, 0.25) is 5.82 Å². The number of nitrogens with two attached hydrogens (primary N) is 1. The Kier molecular flexibility index (Phi) is 12.5. The quantitative estimate of drug-likeness (QED) is 0.0541. The molecule has 18 nitrogen and oxygen atoms in total. The number of ether oxygens (including phenoxy) is 2. The molecule has 0 radical (unpaired) electrons. The van der Waals surface area contributed by atoms with Gasteiger partial charge in [-0.25, -0.2) is 19.6 Å². The average Bonchev–Trinajstić information content (AvgIpc) is 3.66. The van der Waals surface area contributed by atoms with Gasteiger partial charge in [0.1, 0.15) is 11.9 Å². The molecule has 1 atom stereocenters. The Morgan fingerprint density at radius 2 is 1.77 bits per heavy atom. The lowest BCUT2D eigenvalue weighted by molar-refractivity contribution is -0.757. The van der Waals surface area contributed by atoms with E-state index in [1.807, 2.05) is 48.5 Å². The van der Waals surface area contributed by atoms with E-state index >= 15 is 0 Å². The van der Waals surface area contributed by atoms with Gasteiger partial charge in [-0.05, 0) is 74.4 Å². The van der Waals surface area contributed by atoms with Gasteiger partial charge in [-0.3, -0.25) is 9.36 Å². The Morgan fingerprint density at radius 1 is 1.02 bits per heavy atom. The lowest BCUT2D eigenvalue weighted by Gasteiger charge is -2.19. The van der Waals surface area contributed by atoms with Crippen LogP contribution in [0.5, 0.6) is 5.75 Å². The molecule has 0 spiro atoms. The molecule has 0 bridgehead atoms. The maximum atomic E-state index is 13.6. The highest BCUT2D eigenvalue weighted by molar-refractivity contribution is 5.88. The molecule has 0 aliphatic heterocycles. The molecule has 2 aromatic carbocycles. The van der Waals surface area contributed by atoms with E-state index in [0.717, 1.165) is 22.3 Å². The van der Waals surface area contributed by atoms with Gasteiger partial charge < -0.3 is 25.4 Å². The summed E-state index contributed by atoms with van der Waals surface area (Å²) in [6.45, 7) is 3.82. The first-order valence-electron chi connectivity index (χ1n) is 16.6. The number of aromatic amines is 1. The van der Waals surface area contributed by atoms with E-state index < -0.39 is 28.8 Å². The maximum absolute atomic E-state index is 13.6. The third kappa shape index (κ3) is 9.48. The van der Waals surface area contributed by atoms with Crippen LogP contribution in [0.1, 0.15) is 49.2 Å². The molecular formula is C34H38N10O8. The molecule has 52 heavy (non-hydrogen) atoms. The number of fused-ring (bicyclic) bond motifs is 1. The van der Waals surface area contributed by atoms with E-state index in [9.17, 15) is 24.5 Å². The molecule has 0 fully saturated rings. The van der Waals surface area contributed by atoms with Crippen LogP contribution in [0.25, 0.3) is 33.5 Å². The predicted octanol–water partition coefficient (Wildman–Crippen LogP) is 3.42. The number of esters is 1. The summed E-state index contributed by atoms with van der Waals surface area (Å²) in [5.74, 6) is 0.112. The van der Waals surface area contributed by atoms with E-state index in [0.29, 0.717) is 55.0 Å². The average molecular weight is 715 g/mol. The number of carbonyl (C=O) groups excluding carboxylic acids is 2. The van der Waals surface area contributed by atoms with Gasteiger partial charge in [0.05, 0.1) is 30.8 Å². The van der Waals surface area contributed by atoms with E-state index in [1.165, 1.54) is 10.6 Å². The number of aryl methyl sites for hydroxylation is 2. The number of carbonyl (C=O) groups is 2. The van der Waals surface area contributed by atoms with Crippen LogP contribution in [0.3, 0.4) is 0 Å². The highest BCUT2D eigenvalue weighted by atomic mass is 16.9. The van der Waals surface area contributed by atoms with Crippen molar-refractivity contribution in [1.82, 2.24) is 40.5 Å². The Morgan fingerprint density at radius 3 is 2.48 bits per heavy atom. The van der Waals surface area contributed by atoms with Gasteiger partial charge in [-0.15, -0.1) is 20.3 Å². The molecule has 1 amide bonds. The predicted molar refractivity (Wildman–Crippen MR) is 186 cm³/mol. The van der Waals surface area contributed by atoms with Crippen LogP contribution in [-0.4, -0.2) is 78.1 Å². The van der Waals surface area contributed by atoms with E-state index in [2.05, 4.69) is 40.7 Å². The van der Waals surface area contributed by atoms with Gasteiger partial charge in [0.25, 0.3) is 10.6 Å². The molecule has 5 rings (SSSR count). The highest BCUT2D eigenvalue weighted by Gasteiger charge is 2.25. The second-order valence-electron chi connectivity index (χ2n) is 11.8. The molecule has 1 unspecified atom stereocenters. The number of aromatic nitrogens is 7. The molecule has 4 N–H and O–H groups in total. The summed E-state index contributed by atoms with van der Waals surface area (Å²) in [5, 5.41) is 26.7. The fourth-order valence-corrected chi connectivity index (χ4v) is 5.59.